The Morgan fingerprint density at radius 2 is 1.85 bits per heavy atom. The van der Waals surface area contributed by atoms with E-state index in [1.54, 1.807) is 6.07 Å². The van der Waals surface area contributed by atoms with Crippen molar-refractivity contribution in [3.05, 3.63) is 53.7 Å². The average Bonchev–Trinajstić information content (AvgIpc) is 3.11. The van der Waals surface area contributed by atoms with Crippen LogP contribution < -0.4 is 10.5 Å². The minimum atomic E-state index is 0.108. The quantitative estimate of drug-likeness (QED) is 0.656. The van der Waals surface area contributed by atoms with E-state index in [0.29, 0.717) is 16.7 Å². The molecule has 26 heavy (non-hydrogen) atoms. The molecule has 0 amide bonds. The third-order valence-electron chi connectivity index (χ3n) is 3.61. The van der Waals surface area contributed by atoms with Gasteiger partial charge in [-0.05, 0) is 23.1 Å². The summed E-state index contributed by atoms with van der Waals surface area (Å²) in [7, 11) is 0. The first kappa shape index (κ1) is 18.2. The lowest BCUT2D eigenvalue weighted by Crippen LogP contribution is -2.11. The Hall–Kier alpha value is -2.61. The first-order chi connectivity index (χ1) is 12.4. The Bertz CT molecular complexity index is 845. The summed E-state index contributed by atoms with van der Waals surface area (Å²) in [4.78, 5) is 12.6. The standard InChI is InChI=1S/C18H21N5O2S/c1-18(2,3)12-4-6-14(7-5-12)24-10-15-20-16(19)22-17(21-15)26-11-13-8-9-25-23-13/h4-9H,10-11H2,1-3H3,(H2,19,20,21,22). The van der Waals surface area contributed by atoms with Gasteiger partial charge in [0.05, 0.1) is 5.69 Å². The number of nitrogens with two attached hydrogens (primary N) is 1. The Labute approximate surface area is 156 Å². The second-order valence-electron chi connectivity index (χ2n) is 6.73. The number of ether oxygens (including phenoxy) is 1. The fourth-order valence-corrected chi connectivity index (χ4v) is 2.95. The van der Waals surface area contributed by atoms with Gasteiger partial charge in [0.2, 0.25) is 5.95 Å². The molecule has 3 aromatic rings. The Kier molecular flexibility index (Phi) is 5.41. The molecule has 2 aromatic heterocycles. The van der Waals surface area contributed by atoms with Gasteiger partial charge in [-0.2, -0.15) is 9.97 Å². The summed E-state index contributed by atoms with van der Waals surface area (Å²) in [5, 5.41) is 4.38. The van der Waals surface area contributed by atoms with Crippen LogP contribution in [0.2, 0.25) is 0 Å². The lowest BCUT2D eigenvalue weighted by Gasteiger charge is -2.19. The molecule has 0 saturated heterocycles. The van der Waals surface area contributed by atoms with Gasteiger partial charge < -0.3 is 15.0 Å². The van der Waals surface area contributed by atoms with Crippen LogP contribution in [0, 0.1) is 0 Å². The van der Waals surface area contributed by atoms with Crippen molar-refractivity contribution in [2.45, 2.75) is 43.7 Å². The van der Waals surface area contributed by atoms with Gasteiger partial charge in [-0.25, -0.2) is 4.98 Å². The lowest BCUT2D eigenvalue weighted by molar-refractivity contribution is 0.294. The second-order valence-corrected chi connectivity index (χ2v) is 7.68. The summed E-state index contributed by atoms with van der Waals surface area (Å²) in [6.07, 6.45) is 1.53. The summed E-state index contributed by atoms with van der Waals surface area (Å²) in [6.45, 7) is 6.75. The fraction of sp³-hybridized carbons (Fsp3) is 0.333. The van der Waals surface area contributed by atoms with Crippen molar-refractivity contribution in [3.8, 4) is 5.75 Å². The molecule has 2 heterocycles. The van der Waals surface area contributed by atoms with E-state index >= 15 is 0 Å². The molecule has 0 unspecified atom stereocenters. The van der Waals surface area contributed by atoms with E-state index in [0.717, 1.165) is 11.4 Å². The van der Waals surface area contributed by atoms with Crippen LogP contribution in [0.3, 0.4) is 0 Å². The molecule has 0 spiro atoms. The molecular weight excluding hydrogens is 350 g/mol. The molecule has 0 fully saturated rings. The molecule has 0 radical (unpaired) electrons. The number of nitrogen functional groups attached to an aromatic ring is 1. The number of rotatable bonds is 6. The minimum absolute atomic E-state index is 0.108. The molecule has 136 valence electrons. The number of benzene rings is 1. The summed E-state index contributed by atoms with van der Waals surface area (Å²) in [5.74, 6) is 2.01. The SMILES string of the molecule is CC(C)(C)c1ccc(OCc2nc(N)nc(SCc3ccon3)n2)cc1. The predicted molar refractivity (Wildman–Crippen MR) is 99.8 cm³/mol. The van der Waals surface area contributed by atoms with E-state index < -0.39 is 0 Å². The zero-order valence-electron chi connectivity index (χ0n) is 15.0. The molecule has 2 N–H and O–H groups in total. The number of thioether (sulfide) groups is 1. The predicted octanol–water partition coefficient (Wildman–Crippen LogP) is 3.61. The van der Waals surface area contributed by atoms with Crippen LogP contribution in [-0.2, 0) is 17.8 Å². The van der Waals surface area contributed by atoms with Gasteiger partial charge in [-0.15, -0.1) is 0 Å². The van der Waals surface area contributed by atoms with Crippen molar-refractivity contribution in [3.63, 3.8) is 0 Å². The zero-order chi connectivity index (χ0) is 18.6. The fourth-order valence-electron chi connectivity index (χ4n) is 2.19. The molecule has 0 aliphatic heterocycles. The summed E-state index contributed by atoms with van der Waals surface area (Å²) in [6, 6.07) is 9.83. The van der Waals surface area contributed by atoms with Gasteiger partial charge in [0.1, 0.15) is 18.6 Å². The van der Waals surface area contributed by atoms with Gasteiger partial charge in [0, 0.05) is 11.8 Å². The molecule has 3 rings (SSSR count). The largest absolute Gasteiger partial charge is 0.486 e. The van der Waals surface area contributed by atoms with E-state index in [1.165, 1.54) is 23.6 Å². The van der Waals surface area contributed by atoms with Crippen molar-refractivity contribution in [2.75, 3.05) is 5.73 Å². The van der Waals surface area contributed by atoms with Crippen molar-refractivity contribution < 1.29 is 9.26 Å². The van der Waals surface area contributed by atoms with Crippen LogP contribution in [0.1, 0.15) is 37.9 Å². The van der Waals surface area contributed by atoms with E-state index in [9.17, 15) is 0 Å². The lowest BCUT2D eigenvalue weighted by atomic mass is 9.87. The van der Waals surface area contributed by atoms with Crippen molar-refractivity contribution in [1.82, 2.24) is 20.1 Å². The second kappa shape index (κ2) is 7.74. The van der Waals surface area contributed by atoms with Gasteiger partial charge in [0.25, 0.3) is 0 Å². The topological polar surface area (TPSA) is 100.0 Å². The van der Waals surface area contributed by atoms with E-state index in [4.69, 9.17) is 15.0 Å². The van der Waals surface area contributed by atoms with Crippen LogP contribution in [0.25, 0.3) is 0 Å². The highest BCUT2D eigenvalue weighted by atomic mass is 32.2. The van der Waals surface area contributed by atoms with E-state index in [1.807, 2.05) is 12.1 Å². The Morgan fingerprint density at radius 1 is 1.08 bits per heavy atom. The molecule has 0 saturated carbocycles. The van der Waals surface area contributed by atoms with Gasteiger partial charge in [0.15, 0.2) is 11.0 Å². The molecular formula is C18H21N5O2S. The Balaban J connectivity index is 1.62. The van der Waals surface area contributed by atoms with E-state index in [-0.39, 0.29) is 18.0 Å². The number of hydrogen-bond acceptors (Lipinski definition) is 8. The first-order valence-electron chi connectivity index (χ1n) is 8.16. The van der Waals surface area contributed by atoms with Crippen LogP contribution in [-0.4, -0.2) is 20.1 Å². The third-order valence-corrected chi connectivity index (χ3v) is 4.49. The molecule has 7 nitrogen and oxygen atoms in total. The maximum Gasteiger partial charge on any atom is 0.224 e. The van der Waals surface area contributed by atoms with Crippen LogP contribution in [0.15, 0.2) is 46.3 Å². The smallest absolute Gasteiger partial charge is 0.224 e. The maximum absolute atomic E-state index is 5.78. The molecule has 0 bridgehead atoms. The number of aromatic nitrogens is 4. The third kappa shape index (κ3) is 4.95. The van der Waals surface area contributed by atoms with Crippen molar-refractivity contribution >= 4 is 17.7 Å². The molecule has 1 aromatic carbocycles. The maximum atomic E-state index is 5.78. The first-order valence-corrected chi connectivity index (χ1v) is 9.14. The van der Waals surface area contributed by atoms with Gasteiger partial charge in [-0.3, -0.25) is 0 Å². The average molecular weight is 371 g/mol. The molecule has 0 aliphatic rings. The minimum Gasteiger partial charge on any atom is -0.486 e. The molecule has 0 aliphatic carbocycles. The normalized spacial score (nSPS) is 11.5. The van der Waals surface area contributed by atoms with E-state index in [2.05, 4.69) is 53.0 Å². The molecule has 8 heteroatoms. The van der Waals surface area contributed by atoms with Crippen molar-refractivity contribution in [1.29, 1.82) is 0 Å². The monoisotopic (exact) mass is 371 g/mol. The number of hydrogen-bond donors (Lipinski definition) is 1. The summed E-state index contributed by atoms with van der Waals surface area (Å²) >= 11 is 1.41. The highest BCUT2D eigenvalue weighted by molar-refractivity contribution is 7.98. The van der Waals surface area contributed by atoms with Crippen LogP contribution in [0.5, 0.6) is 5.75 Å². The van der Waals surface area contributed by atoms with Crippen LogP contribution >= 0.6 is 11.8 Å². The highest BCUT2D eigenvalue weighted by Crippen LogP contribution is 2.24. The molecule has 0 atom stereocenters. The Morgan fingerprint density at radius 3 is 2.50 bits per heavy atom. The van der Waals surface area contributed by atoms with Crippen LogP contribution in [0.4, 0.5) is 5.95 Å². The summed E-state index contributed by atoms with van der Waals surface area (Å²) in [5.41, 5.74) is 7.95. The number of anilines is 1. The van der Waals surface area contributed by atoms with Gasteiger partial charge in [-0.1, -0.05) is 49.8 Å². The number of nitrogens with zero attached hydrogens (tertiary/aromatic N) is 4. The van der Waals surface area contributed by atoms with Gasteiger partial charge >= 0.3 is 0 Å². The highest BCUT2D eigenvalue weighted by Gasteiger charge is 2.13. The van der Waals surface area contributed by atoms with Crippen molar-refractivity contribution in [2.24, 2.45) is 0 Å². The summed E-state index contributed by atoms with van der Waals surface area (Å²) < 4.78 is 10.6. The zero-order valence-corrected chi connectivity index (χ0v) is 15.8.